The van der Waals surface area contributed by atoms with Crippen molar-refractivity contribution in [3.8, 4) is 0 Å². The maximum Gasteiger partial charge on any atom is 0.359 e. The minimum Gasteiger partial charge on any atom is -0.544 e. The summed E-state index contributed by atoms with van der Waals surface area (Å²) in [7, 11) is 0. The van der Waals surface area contributed by atoms with Crippen LogP contribution in [0.3, 0.4) is 0 Å². The zero-order chi connectivity index (χ0) is 23.4. The van der Waals surface area contributed by atoms with Crippen molar-refractivity contribution in [2.75, 3.05) is 26.2 Å². The lowest BCUT2D eigenvalue weighted by Gasteiger charge is -2.36. The molecule has 0 aromatic heterocycles. The van der Waals surface area contributed by atoms with Gasteiger partial charge in [0.25, 0.3) is 0 Å². The molecule has 0 aliphatic heterocycles. The SMILES string of the molecule is C=CCCCCCCCCCCCCCCCC[N+](CC(=O)[O-])(CC(=O)O)CC(=O)O. The van der Waals surface area contributed by atoms with Crippen LogP contribution >= 0.6 is 0 Å². The smallest absolute Gasteiger partial charge is 0.359 e. The third-order valence-corrected chi connectivity index (χ3v) is 5.70. The molecule has 0 atom stereocenters. The summed E-state index contributed by atoms with van der Waals surface area (Å²) < 4.78 is -0.499. The highest BCUT2D eigenvalue weighted by Crippen LogP contribution is 2.15. The Balaban J connectivity index is 3.83. The summed E-state index contributed by atoms with van der Waals surface area (Å²) in [5, 5.41) is 29.2. The van der Waals surface area contributed by atoms with Crippen LogP contribution in [0.2, 0.25) is 0 Å². The van der Waals surface area contributed by atoms with Crippen molar-refractivity contribution in [3.05, 3.63) is 12.7 Å². The Morgan fingerprint density at radius 2 is 1.00 bits per heavy atom. The molecule has 0 amide bonds. The molecule has 0 aromatic carbocycles. The number of carboxylic acids is 3. The molecule has 0 rings (SSSR count). The van der Waals surface area contributed by atoms with E-state index in [0.717, 1.165) is 25.7 Å². The van der Waals surface area contributed by atoms with Gasteiger partial charge in [-0.15, -0.1) is 6.58 Å². The zero-order valence-corrected chi connectivity index (χ0v) is 19.2. The second-order valence-electron chi connectivity index (χ2n) is 8.73. The highest BCUT2D eigenvalue weighted by Gasteiger charge is 2.33. The third-order valence-electron chi connectivity index (χ3n) is 5.70. The summed E-state index contributed by atoms with van der Waals surface area (Å²) >= 11 is 0. The number of rotatable bonds is 23. The lowest BCUT2D eigenvalue weighted by atomic mass is 10.0. The zero-order valence-electron chi connectivity index (χ0n) is 19.2. The minimum atomic E-state index is -1.42. The maximum absolute atomic E-state index is 11.1. The van der Waals surface area contributed by atoms with Crippen LogP contribution < -0.4 is 5.11 Å². The van der Waals surface area contributed by atoms with Gasteiger partial charge in [0.1, 0.15) is 6.54 Å². The van der Waals surface area contributed by atoms with E-state index in [4.69, 9.17) is 10.2 Å². The Kier molecular flexibility index (Phi) is 17.7. The normalized spacial score (nSPS) is 11.4. The van der Waals surface area contributed by atoms with Gasteiger partial charge >= 0.3 is 11.9 Å². The third kappa shape index (κ3) is 18.6. The molecule has 0 unspecified atom stereocenters. The van der Waals surface area contributed by atoms with Gasteiger partial charge in [-0.05, 0) is 25.7 Å². The van der Waals surface area contributed by atoms with Crippen molar-refractivity contribution in [2.45, 2.75) is 96.3 Å². The van der Waals surface area contributed by atoms with Crippen molar-refractivity contribution in [1.29, 1.82) is 0 Å². The van der Waals surface area contributed by atoms with E-state index in [0.29, 0.717) is 6.42 Å². The first kappa shape index (κ1) is 29.1. The van der Waals surface area contributed by atoms with Gasteiger partial charge in [0, 0.05) is 0 Å². The molecule has 31 heavy (non-hydrogen) atoms. The maximum atomic E-state index is 11.1. The fourth-order valence-electron chi connectivity index (χ4n) is 4.11. The van der Waals surface area contributed by atoms with Gasteiger partial charge < -0.3 is 24.6 Å². The molecule has 7 heteroatoms. The van der Waals surface area contributed by atoms with Crippen molar-refractivity contribution >= 4 is 17.9 Å². The van der Waals surface area contributed by atoms with Crippen LogP contribution in [0, 0.1) is 0 Å². The molecule has 0 spiro atoms. The molecule has 0 heterocycles. The van der Waals surface area contributed by atoms with Gasteiger partial charge in [0.05, 0.1) is 12.5 Å². The minimum absolute atomic E-state index is 0.222. The first-order valence-electron chi connectivity index (χ1n) is 11.9. The quantitative estimate of drug-likeness (QED) is 0.142. The van der Waals surface area contributed by atoms with E-state index in [2.05, 4.69) is 6.58 Å². The average Bonchev–Trinajstić information content (AvgIpc) is 2.66. The molecule has 2 N–H and O–H groups in total. The summed E-state index contributed by atoms with van der Waals surface area (Å²) in [6.45, 7) is 2.34. The van der Waals surface area contributed by atoms with E-state index < -0.39 is 42.0 Å². The van der Waals surface area contributed by atoms with Gasteiger partial charge in [-0.2, -0.15) is 0 Å². The molecular weight excluding hydrogens is 398 g/mol. The second kappa shape index (κ2) is 18.8. The number of hydrogen-bond acceptors (Lipinski definition) is 4. The van der Waals surface area contributed by atoms with Crippen LogP contribution in [0.4, 0.5) is 0 Å². The summed E-state index contributed by atoms with van der Waals surface area (Å²) in [5.41, 5.74) is 0. The number of carbonyl (C=O) groups is 3. The van der Waals surface area contributed by atoms with Crippen LogP contribution in [0.1, 0.15) is 96.3 Å². The van der Waals surface area contributed by atoms with Gasteiger partial charge in [0.15, 0.2) is 13.1 Å². The summed E-state index contributed by atoms with van der Waals surface area (Å²) in [4.78, 5) is 33.3. The number of carboxylic acid groups (broad SMARTS) is 3. The fraction of sp³-hybridized carbons (Fsp3) is 0.792. The summed E-state index contributed by atoms with van der Waals surface area (Å²) in [6, 6.07) is 0. The van der Waals surface area contributed by atoms with Crippen LogP contribution in [0.5, 0.6) is 0 Å². The molecule has 0 saturated heterocycles. The Bertz CT molecular complexity index is 479. The van der Waals surface area contributed by atoms with E-state index >= 15 is 0 Å². The number of carbonyl (C=O) groups excluding carboxylic acids is 1. The highest BCUT2D eigenvalue weighted by molar-refractivity contribution is 5.72. The molecule has 0 aliphatic rings. The number of allylic oxidation sites excluding steroid dienone is 1. The number of nitrogens with zero attached hydrogens (tertiary/aromatic N) is 1. The monoisotopic (exact) mass is 441 g/mol. The van der Waals surface area contributed by atoms with Gasteiger partial charge in [-0.1, -0.05) is 76.7 Å². The Morgan fingerprint density at radius 3 is 1.32 bits per heavy atom. The predicted molar refractivity (Wildman–Crippen MR) is 119 cm³/mol. The van der Waals surface area contributed by atoms with Crippen LogP contribution in [-0.4, -0.2) is 58.8 Å². The molecule has 0 aromatic rings. The Labute approximate surface area is 187 Å². The largest absolute Gasteiger partial charge is 0.544 e. The van der Waals surface area contributed by atoms with Crippen LogP contribution in [0.15, 0.2) is 12.7 Å². The lowest BCUT2D eigenvalue weighted by Crippen LogP contribution is -2.59. The number of aliphatic carboxylic acids is 3. The number of quaternary nitrogens is 1. The molecular formula is C24H43NO6. The average molecular weight is 442 g/mol. The van der Waals surface area contributed by atoms with Gasteiger partial charge in [0.2, 0.25) is 0 Å². The molecule has 180 valence electrons. The van der Waals surface area contributed by atoms with Gasteiger partial charge in [-0.25, -0.2) is 9.59 Å². The summed E-state index contributed by atoms with van der Waals surface area (Å²) in [6.07, 6.45) is 19.5. The van der Waals surface area contributed by atoms with E-state index in [1.807, 2.05) is 6.08 Å². The van der Waals surface area contributed by atoms with Crippen molar-refractivity contribution < 1.29 is 34.2 Å². The number of hydrogen-bond donors (Lipinski definition) is 2. The molecule has 0 aliphatic carbocycles. The standard InChI is InChI=1S/C24H43NO6/c1-2-3-4-5-6-7-8-9-10-11-12-13-14-15-16-17-18-25(19-22(26)27,20-23(28)29)21-24(30)31/h2H,1,3-21H2,(H2-,26,27,28,29,30,31). The topological polar surface area (TPSA) is 115 Å². The Hall–Kier alpha value is -1.89. The Morgan fingerprint density at radius 1 is 0.645 bits per heavy atom. The first-order valence-corrected chi connectivity index (χ1v) is 11.9. The summed E-state index contributed by atoms with van der Waals surface area (Å²) in [5.74, 6) is -3.82. The second-order valence-corrected chi connectivity index (χ2v) is 8.73. The lowest BCUT2D eigenvalue weighted by molar-refractivity contribution is -0.909. The van der Waals surface area contributed by atoms with E-state index in [9.17, 15) is 19.5 Å². The molecule has 7 nitrogen and oxygen atoms in total. The molecule has 0 radical (unpaired) electrons. The van der Waals surface area contributed by atoms with Gasteiger partial charge in [-0.3, -0.25) is 0 Å². The first-order chi connectivity index (χ1) is 14.8. The fourth-order valence-corrected chi connectivity index (χ4v) is 4.11. The van der Waals surface area contributed by atoms with Crippen molar-refractivity contribution in [1.82, 2.24) is 0 Å². The highest BCUT2D eigenvalue weighted by atomic mass is 16.4. The number of unbranched alkanes of at least 4 members (excludes halogenated alkanes) is 14. The molecule has 0 fully saturated rings. The van der Waals surface area contributed by atoms with Crippen molar-refractivity contribution in [2.24, 2.45) is 0 Å². The van der Waals surface area contributed by atoms with E-state index in [1.54, 1.807) is 0 Å². The molecule has 0 bridgehead atoms. The van der Waals surface area contributed by atoms with E-state index in [-0.39, 0.29) is 6.54 Å². The van der Waals surface area contributed by atoms with Crippen LogP contribution in [0.25, 0.3) is 0 Å². The van der Waals surface area contributed by atoms with E-state index in [1.165, 1.54) is 64.2 Å². The predicted octanol–water partition coefficient (Wildman–Crippen LogP) is 3.76. The molecule has 0 saturated carbocycles. The van der Waals surface area contributed by atoms with Crippen molar-refractivity contribution in [3.63, 3.8) is 0 Å². The van der Waals surface area contributed by atoms with Crippen LogP contribution in [-0.2, 0) is 14.4 Å².